The summed E-state index contributed by atoms with van der Waals surface area (Å²) in [6.45, 7) is 7.16. The number of carbonyl (C=O) groups is 1. The fourth-order valence-electron chi connectivity index (χ4n) is 4.02. The minimum absolute atomic E-state index is 0.0355. The molecule has 1 aromatic carbocycles. The number of carbonyl (C=O) groups excluding carboxylic acids is 1. The average Bonchev–Trinajstić information content (AvgIpc) is 2.85. The molecule has 1 radical (unpaired) electrons. The lowest BCUT2D eigenvalue weighted by Crippen LogP contribution is -2.36. The van der Waals surface area contributed by atoms with E-state index in [2.05, 4.69) is 32.7 Å². The van der Waals surface area contributed by atoms with E-state index in [0.29, 0.717) is 22.8 Å². The number of pyridine rings is 2. The van der Waals surface area contributed by atoms with Crippen molar-refractivity contribution in [3.8, 4) is 17.0 Å². The molecule has 0 unspecified atom stereocenters. The van der Waals surface area contributed by atoms with Crippen LogP contribution in [0.4, 0.5) is 17.2 Å². The Hall–Kier alpha value is -3.91. The van der Waals surface area contributed by atoms with E-state index in [9.17, 15) is 4.79 Å². The molecule has 0 atom stereocenters. The summed E-state index contributed by atoms with van der Waals surface area (Å²) >= 11 is 0. The van der Waals surface area contributed by atoms with Gasteiger partial charge in [-0.2, -0.15) is 0 Å². The van der Waals surface area contributed by atoms with Crippen LogP contribution in [0.2, 0.25) is 0 Å². The lowest BCUT2D eigenvalue weighted by Gasteiger charge is -2.29. The fraction of sp³-hybridized carbons (Fsp3) is 0.269. The van der Waals surface area contributed by atoms with E-state index < -0.39 is 0 Å². The van der Waals surface area contributed by atoms with E-state index in [1.165, 1.54) is 6.20 Å². The van der Waals surface area contributed by atoms with E-state index in [1.807, 2.05) is 44.2 Å². The lowest BCUT2D eigenvalue weighted by molar-refractivity contribution is 0.0965. The Bertz CT molecular complexity index is 1220. The van der Waals surface area contributed by atoms with E-state index in [-0.39, 0.29) is 12.0 Å². The first-order valence-corrected chi connectivity index (χ1v) is 11.4. The van der Waals surface area contributed by atoms with Gasteiger partial charge in [0.2, 0.25) is 0 Å². The summed E-state index contributed by atoms with van der Waals surface area (Å²) in [6, 6.07) is 11.9. The highest BCUT2D eigenvalue weighted by Crippen LogP contribution is 2.32. The normalized spacial score (nSPS) is 15.1. The lowest BCUT2D eigenvalue weighted by atomic mass is 10.0. The van der Waals surface area contributed by atoms with Crippen molar-refractivity contribution in [2.75, 3.05) is 36.5 Å². The van der Waals surface area contributed by atoms with Crippen LogP contribution in [-0.4, -0.2) is 48.3 Å². The summed E-state index contributed by atoms with van der Waals surface area (Å²) in [5.41, 5.74) is 4.67. The van der Waals surface area contributed by atoms with Crippen molar-refractivity contribution in [2.24, 2.45) is 0 Å². The van der Waals surface area contributed by atoms with Gasteiger partial charge in [0.15, 0.2) is 0 Å². The van der Waals surface area contributed by atoms with Crippen molar-refractivity contribution in [1.29, 1.82) is 0 Å². The zero-order valence-corrected chi connectivity index (χ0v) is 19.2. The minimum atomic E-state index is -0.320. The molecule has 8 heteroatoms. The maximum atomic E-state index is 12.6. The van der Waals surface area contributed by atoms with Crippen LogP contribution in [0.5, 0.6) is 5.75 Å². The Balaban J connectivity index is 1.48. The second-order valence-corrected chi connectivity index (χ2v) is 8.42. The van der Waals surface area contributed by atoms with Crippen molar-refractivity contribution in [3.05, 3.63) is 66.1 Å². The molecule has 0 saturated carbocycles. The molecule has 0 aliphatic carbocycles. The van der Waals surface area contributed by atoms with Crippen molar-refractivity contribution >= 4 is 29.2 Å². The Kier molecular flexibility index (Phi) is 6.14. The number of nitrogens with one attached hydrogen (secondary N) is 1. The number of aromatic nitrogens is 2. The second kappa shape index (κ2) is 9.52. The Morgan fingerprint density at radius 1 is 1.09 bits per heavy atom. The molecule has 1 N–H and O–H groups in total. The number of amides is 1. The van der Waals surface area contributed by atoms with Crippen LogP contribution in [0.3, 0.4) is 0 Å². The minimum Gasteiger partial charge on any atom is -0.489 e. The van der Waals surface area contributed by atoms with Gasteiger partial charge in [0.1, 0.15) is 11.6 Å². The van der Waals surface area contributed by atoms with E-state index >= 15 is 0 Å². The molecule has 2 aromatic heterocycles. The van der Waals surface area contributed by atoms with Gasteiger partial charge in [-0.25, -0.2) is 10.3 Å². The third kappa shape index (κ3) is 4.72. The molecule has 173 valence electrons. The Labute approximate surface area is 198 Å². The Morgan fingerprint density at radius 2 is 1.88 bits per heavy atom. The van der Waals surface area contributed by atoms with E-state index in [1.54, 1.807) is 12.4 Å². The quantitative estimate of drug-likeness (QED) is 0.593. The standard InChI is InChI=1S/C26H26N5O3/c1-17(2)34-22-13-19(15-27-16-22)23-14-18-7-8-28-26(32)24(18)25(30-23)29-20-3-5-21(6-4-20)31-9-11-33-12-10-31/h3-8,13-17H,9-12H2,1-2H3,(H,29,30). The maximum Gasteiger partial charge on any atom is 0.281 e. The molecule has 5 rings (SSSR count). The largest absolute Gasteiger partial charge is 0.489 e. The number of hydrogen-bond donors (Lipinski definition) is 1. The smallest absolute Gasteiger partial charge is 0.281 e. The van der Waals surface area contributed by atoms with Gasteiger partial charge in [-0.05, 0) is 61.9 Å². The zero-order valence-electron chi connectivity index (χ0n) is 19.2. The summed E-state index contributed by atoms with van der Waals surface area (Å²) in [5.74, 6) is 0.806. The first-order chi connectivity index (χ1) is 16.6. The molecule has 1 saturated heterocycles. The van der Waals surface area contributed by atoms with Gasteiger partial charge in [0, 0.05) is 42.4 Å². The highest BCUT2D eigenvalue weighted by Gasteiger charge is 2.22. The number of morpholine rings is 1. The van der Waals surface area contributed by atoms with Crippen molar-refractivity contribution in [2.45, 2.75) is 20.0 Å². The van der Waals surface area contributed by atoms with Crippen LogP contribution in [0.25, 0.3) is 17.3 Å². The first kappa shape index (κ1) is 21.9. The molecule has 8 nitrogen and oxygen atoms in total. The van der Waals surface area contributed by atoms with Gasteiger partial charge < -0.3 is 19.7 Å². The number of nitrogens with zero attached hydrogens (tertiary/aromatic N) is 4. The number of benzene rings is 1. The van der Waals surface area contributed by atoms with Gasteiger partial charge in [0.05, 0.1) is 36.8 Å². The van der Waals surface area contributed by atoms with Gasteiger partial charge in [-0.15, -0.1) is 0 Å². The van der Waals surface area contributed by atoms with Crippen molar-refractivity contribution in [3.63, 3.8) is 0 Å². The summed E-state index contributed by atoms with van der Waals surface area (Å²) < 4.78 is 11.2. The predicted molar refractivity (Wildman–Crippen MR) is 131 cm³/mol. The van der Waals surface area contributed by atoms with Crippen molar-refractivity contribution in [1.82, 2.24) is 15.3 Å². The number of hydrogen-bond acceptors (Lipinski definition) is 7. The van der Waals surface area contributed by atoms with Crippen LogP contribution in [0, 0.1) is 0 Å². The van der Waals surface area contributed by atoms with Crippen LogP contribution in [-0.2, 0) is 4.74 Å². The fourth-order valence-corrected chi connectivity index (χ4v) is 4.02. The third-order valence-corrected chi connectivity index (χ3v) is 5.60. The van der Waals surface area contributed by atoms with Gasteiger partial charge >= 0.3 is 0 Å². The molecule has 34 heavy (non-hydrogen) atoms. The zero-order chi connectivity index (χ0) is 23.5. The average molecular weight is 457 g/mol. The molecule has 0 bridgehead atoms. The number of rotatable bonds is 6. The maximum absolute atomic E-state index is 12.6. The number of ether oxygens (including phenoxy) is 2. The SMILES string of the molecule is CC(C)Oc1cncc(-c2cc3c(c(Nc4ccc(N5CCOCC5)cc4)n2)C(=O)[N]C=C3)c1. The molecule has 1 amide bonds. The number of anilines is 3. The first-order valence-electron chi connectivity index (χ1n) is 11.4. The molecule has 1 fully saturated rings. The highest BCUT2D eigenvalue weighted by molar-refractivity contribution is 6.05. The molecular weight excluding hydrogens is 430 g/mol. The van der Waals surface area contributed by atoms with Crippen LogP contribution >= 0.6 is 0 Å². The predicted octanol–water partition coefficient (Wildman–Crippen LogP) is 4.24. The van der Waals surface area contributed by atoms with Gasteiger partial charge in [-0.1, -0.05) is 0 Å². The van der Waals surface area contributed by atoms with Crippen LogP contribution in [0.1, 0.15) is 29.8 Å². The highest BCUT2D eigenvalue weighted by atomic mass is 16.5. The van der Waals surface area contributed by atoms with Crippen LogP contribution in [0.15, 0.2) is 55.0 Å². The molecular formula is C26H26N5O3. The van der Waals surface area contributed by atoms with E-state index in [4.69, 9.17) is 14.5 Å². The molecule has 4 heterocycles. The molecule has 2 aliphatic heterocycles. The second-order valence-electron chi connectivity index (χ2n) is 8.42. The van der Waals surface area contributed by atoms with E-state index in [0.717, 1.165) is 48.8 Å². The van der Waals surface area contributed by atoms with Gasteiger partial charge in [-0.3, -0.25) is 9.78 Å². The summed E-state index contributed by atoms with van der Waals surface area (Å²) in [4.78, 5) is 24.0. The molecule has 3 aromatic rings. The Morgan fingerprint density at radius 3 is 2.65 bits per heavy atom. The molecule has 2 aliphatic rings. The summed E-state index contributed by atoms with van der Waals surface area (Å²) in [6.07, 6.45) is 6.79. The third-order valence-electron chi connectivity index (χ3n) is 5.60. The van der Waals surface area contributed by atoms with Crippen molar-refractivity contribution < 1.29 is 14.3 Å². The number of fused-ring (bicyclic) bond motifs is 1. The summed E-state index contributed by atoms with van der Waals surface area (Å²) in [5, 5.41) is 7.28. The topological polar surface area (TPSA) is 90.7 Å². The monoisotopic (exact) mass is 456 g/mol. The summed E-state index contributed by atoms with van der Waals surface area (Å²) in [7, 11) is 0. The van der Waals surface area contributed by atoms with Gasteiger partial charge in [0.25, 0.3) is 5.91 Å². The molecule has 0 spiro atoms. The van der Waals surface area contributed by atoms with Crippen LogP contribution < -0.4 is 20.3 Å².